The number of ketones is 1. The van der Waals surface area contributed by atoms with Gasteiger partial charge in [0.25, 0.3) is 5.91 Å². The zero-order chi connectivity index (χ0) is 20.0. The van der Waals surface area contributed by atoms with Crippen molar-refractivity contribution in [3.8, 4) is 5.88 Å². The monoisotopic (exact) mass is 381 g/mol. The van der Waals surface area contributed by atoms with Crippen molar-refractivity contribution in [1.29, 1.82) is 0 Å². The van der Waals surface area contributed by atoms with Crippen molar-refractivity contribution in [3.63, 3.8) is 0 Å². The SMILES string of the molecule is CC(=O)Cc1cc(C(=O)NC(C)c2ccc(OCC(F)(F)F)nc2)ccn1. The van der Waals surface area contributed by atoms with Gasteiger partial charge in [0, 0.05) is 36.1 Å². The number of amides is 1. The van der Waals surface area contributed by atoms with Crippen LogP contribution in [-0.2, 0) is 11.2 Å². The Morgan fingerprint density at radius 1 is 1.22 bits per heavy atom. The third kappa shape index (κ3) is 6.69. The third-order valence-corrected chi connectivity index (χ3v) is 3.50. The summed E-state index contributed by atoms with van der Waals surface area (Å²) in [5.41, 5.74) is 1.45. The van der Waals surface area contributed by atoms with Crippen molar-refractivity contribution in [3.05, 3.63) is 53.5 Å². The number of rotatable bonds is 7. The van der Waals surface area contributed by atoms with Gasteiger partial charge >= 0.3 is 6.18 Å². The minimum Gasteiger partial charge on any atom is -0.468 e. The molecule has 2 aromatic heterocycles. The van der Waals surface area contributed by atoms with E-state index in [1.807, 2.05) is 0 Å². The van der Waals surface area contributed by atoms with Crippen LogP contribution in [0.3, 0.4) is 0 Å². The molecule has 9 heteroatoms. The number of halogens is 3. The van der Waals surface area contributed by atoms with E-state index in [1.54, 1.807) is 6.92 Å². The first kappa shape index (κ1) is 20.3. The van der Waals surface area contributed by atoms with Crippen LogP contribution < -0.4 is 10.1 Å². The van der Waals surface area contributed by atoms with Crippen molar-refractivity contribution in [2.24, 2.45) is 0 Å². The molecule has 1 amide bonds. The van der Waals surface area contributed by atoms with Crippen LogP contribution in [0.4, 0.5) is 13.2 Å². The molecule has 0 bridgehead atoms. The fraction of sp³-hybridized carbons (Fsp3) is 0.333. The first-order chi connectivity index (χ1) is 12.6. The van der Waals surface area contributed by atoms with E-state index in [0.29, 0.717) is 16.8 Å². The van der Waals surface area contributed by atoms with Crippen LogP contribution in [-0.4, -0.2) is 34.4 Å². The van der Waals surface area contributed by atoms with E-state index in [-0.39, 0.29) is 24.0 Å². The largest absolute Gasteiger partial charge is 0.468 e. The summed E-state index contributed by atoms with van der Waals surface area (Å²) in [6, 6.07) is 5.46. The molecule has 1 unspecified atom stereocenters. The van der Waals surface area contributed by atoms with E-state index in [9.17, 15) is 22.8 Å². The summed E-state index contributed by atoms with van der Waals surface area (Å²) in [7, 11) is 0. The second kappa shape index (κ2) is 8.61. The second-order valence-electron chi connectivity index (χ2n) is 5.94. The Kier molecular flexibility index (Phi) is 6.49. The van der Waals surface area contributed by atoms with Gasteiger partial charge in [-0.2, -0.15) is 13.2 Å². The van der Waals surface area contributed by atoms with Crippen LogP contribution in [0.1, 0.15) is 41.5 Å². The Hall–Kier alpha value is -2.97. The number of pyridine rings is 2. The summed E-state index contributed by atoms with van der Waals surface area (Å²) in [6.07, 6.45) is -1.51. The maximum atomic E-state index is 12.4. The van der Waals surface area contributed by atoms with Crippen molar-refractivity contribution < 1.29 is 27.5 Å². The standard InChI is InChI=1S/C18H18F3N3O3/c1-11(25)7-15-8-13(5-6-22-15)17(26)24-12(2)14-3-4-16(23-9-14)27-10-18(19,20)21/h3-6,8-9,12H,7,10H2,1-2H3,(H,24,26). The Labute approximate surface area is 153 Å². The molecule has 0 radical (unpaired) electrons. The third-order valence-electron chi connectivity index (χ3n) is 3.50. The summed E-state index contributed by atoms with van der Waals surface area (Å²) in [5.74, 6) is -0.586. The lowest BCUT2D eigenvalue weighted by atomic mass is 10.1. The van der Waals surface area contributed by atoms with Crippen LogP contribution in [0.25, 0.3) is 0 Å². The normalized spacial score (nSPS) is 12.3. The fourth-order valence-corrected chi connectivity index (χ4v) is 2.22. The number of hydrogen-bond acceptors (Lipinski definition) is 5. The summed E-state index contributed by atoms with van der Waals surface area (Å²) in [4.78, 5) is 31.4. The van der Waals surface area contributed by atoms with Gasteiger partial charge < -0.3 is 10.1 Å². The molecule has 0 aliphatic carbocycles. The molecule has 1 atom stereocenters. The molecule has 27 heavy (non-hydrogen) atoms. The number of Topliss-reactive ketones (excluding diaryl/α,β-unsaturated/α-hetero) is 1. The van der Waals surface area contributed by atoms with E-state index < -0.39 is 18.8 Å². The highest BCUT2D eigenvalue weighted by molar-refractivity contribution is 5.94. The number of alkyl halides is 3. The van der Waals surface area contributed by atoms with Gasteiger partial charge in [0.05, 0.1) is 6.04 Å². The summed E-state index contributed by atoms with van der Waals surface area (Å²) < 4.78 is 40.9. The first-order valence-corrected chi connectivity index (χ1v) is 8.05. The Morgan fingerprint density at radius 3 is 2.56 bits per heavy atom. The molecule has 1 N–H and O–H groups in total. The number of ether oxygens (including phenoxy) is 1. The van der Waals surface area contributed by atoms with Gasteiger partial charge in [-0.1, -0.05) is 6.07 Å². The van der Waals surface area contributed by atoms with E-state index in [4.69, 9.17) is 0 Å². The fourth-order valence-electron chi connectivity index (χ4n) is 2.22. The predicted octanol–water partition coefficient (Wildman–Crippen LogP) is 3.04. The molecule has 6 nitrogen and oxygen atoms in total. The molecule has 2 heterocycles. The lowest BCUT2D eigenvalue weighted by Crippen LogP contribution is -2.27. The zero-order valence-electron chi connectivity index (χ0n) is 14.7. The molecule has 144 valence electrons. The minimum atomic E-state index is -4.44. The molecule has 2 rings (SSSR count). The Balaban J connectivity index is 1.99. The van der Waals surface area contributed by atoms with Crippen molar-refractivity contribution in [1.82, 2.24) is 15.3 Å². The number of nitrogens with one attached hydrogen (secondary N) is 1. The molecule has 0 fully saturated rings. The van der Waals surface area contributed by atoms with Crippen LogP contribution >= 0.6 is 0 Å². The molecule has 0 saturated carbocycles. The summed E-state index contributed by atoms with van der Waals surface area (Å²) >= 11 is 0. The van der Waals surface area contributed by atoms with Gasteiger partial charge in [0.1, 0.15) is 5.78 Å². The van der Waals surface area contributed by atoms with Crippen molar-refractivity contribution in [2.45, 2.75) is 32.5 Å². The predicted molar refractivity (Wildman–Crippen MR) is 90.3 cm³/mol. The summed E-state index contributed by atoms with van der Waals surface area (Å²) in [6.45, 7) is 1.73. The molecular weight excluding hydrogens is 363 g/mol. The van der Waals surface area contributed by atoms with Gasteiger partial charge in [0.15, 0.2) is 6.61 Å². The molecule has 0 aromatic carbocycles. The Morgan fingerprint density at radius 2 is 1.96 bits per heavy atom. The quantitative estimate of drug-likeness (QED) is 0.797. The van der Waals surface area contributed by atoms with Gasteiger partial charge in [-0.25, -0.2) is 4.98 Å². The van der Waals surface area contributed by atoms with Crippen LogP contribution in [0.5, 0.6) is 5.88 Å². The van der Waals surface area contributed by atoms with E-state index in [2.05, 4.69) is 20.0 Å². The zero-order valence-corrected chi connectivity index (χ0v) is 14.7. The second-order valence-corrected chi connectivity index (χ2v) is 5.94. The molecule has 2 aromatic rings. The minimum absolute atomic E-state index is 0.0627. The molecule has 0 saturated heterocycles. The van der Waals surface area contributed by atoms with E-state index in [0.717, 1.165) is 0 Å². The molecule has 0 spiro atoms. The van der Waals surface area contributed by atoms with Crippen molar-refractivity contribution in [2.75, 3.05) is 6.61 Å². The molecule has 0 aliphatic rings. The number of aromatic nitrogens is 2. The maximum absolute atomic E-state index is 12.4. The van der Waals surface area contributed by atoms with Crippen molar-refractivity contribution >= 4 is 11.7 Å². The van der Waals surface area contributed by atoms with Gasteiger partial charge in [-0.3, -0.25) is 14.6 Å². The van der Waals surface area contributed by atoms with Gasteiger partial charge in [-0.15, -0.1) is 0 Å². The Bertz CT molecular complexity index is 807. The topological polar surface area (TPSA) is 81.2 Å². The number of carbonyl (C=O) groups is 2. The highest BCUT2D eigenvalue weighted by Gasteiger charge is 2.28. The van der Waals surface area contributed by atoms with E-state index in [1.165, 1.54) is 43.6 Å². The number of nitrogens with zero attached hydrogens (tertiary/aromatic N) is 2. The first-order valence-electron chi connectivity index (χ1n) is 8.05. The van der Waals surface area contributed by atoms with Gasteiger partial charge in [0.2, 0.25) is 5.88 Å². The summed E-state index contributed by atoms with van der Waals surface area (Å²) in [5, 5.41) is 2.76. The lowest BCUT2D eigenvalue weighted by molar-refractivity contribution is -0.154. The number of hydrogen-bond donors (Lipinski definition) is 1. The van der Waals surface area contributed by atoms with Crippen LogP contribution in [0, 0.1) is 0 Å². The maximum Gasteiger partial charge on any atom is 0.422 e. The van der Waals surface area contributed by atoms with E-state index >= 15 is 0 Å². The number of carbonyl (C=O) groups excluding carboxylic acids is 2. The average Bonchev–Trinajstić information content (AvgIpc) is 2.59. The highest BCUT2D eigenvalue weighted by atomic mass is 19.4. The molecule has 0 aliphatic heterocycles. The highest BCUT2D eigenvalue weighted by Crippen LogP contribution is 2.19. The van der Waals surface area contributed by atoms with Crippen LogP contribution in [0.2, 0.25) is 0 Å². The van der Waals surface area contributed by atoms with Crippen LogP contribution in [0.15, 0.2) is 36.7 Å². The molecular formula is C18H18F3N3O3. The average molecular weight is 381 g/mol. The van der Waals surface area contributed by atoms with Gasteiger partial charge in [-0.05, 0) is 31.5 Å². The lowest BCUT2D eigenvalue weighted by Gasteiger charge is -2.15. The smallest absolute Gasteiger partial charge is 0.422 e.